The molecule has 0 spiro atoms. The van der Waals surface area contributed by atoms with Crippen molar-refractivity contribution in [2.45, 2.75) is 0 Å². The molecule has 0 amide bonds. The highest BCUT2D eigenvalue weighted by Gasteiger charge is 1.96. The van der Waals surface area contributed by atoms with Crippen molar-refractivity contribution >= 4 is 17.4 Å². The summed E-state index contributed by atoms with van der Waals surface area (Å²) in [7, 11) is 0. The van der Waals surface area contributed by atoms with Gasteiger partial charge in [0.05, 0.1) is 12.7 Å². The van der Waals surface area contributed by atoms with Crippen LogP contribution in [0.25, 0.3) is 0 Å². The van der Waals surface area contributed by atoms with Crippen LogP contribution in [-0.4, -0.2) is 16.5 Å². The summed E-state index contributed by atoms with van der Waals surface area (Å²) in [6, 6.07) is 0. The summed E-state index contributed by atoms with van der Waals surface area (Å²) in [5, 5.41) is 3.32. The van der Waals surface area contributed by atoms with E-state index < -0.39 is 0 Å². The van der Waals surface area contributed by atoms with Crippen molar-refractivity contribution in [3.8, 4) is 12.3 Å². The summed E-state index contributed by atoms with van der Waals surface area (Å²) in [5.41, 5.74) is 0. The van der Waals surface area contributed by atoms with E-state index in [9.17, 15) is 0 Å². The Morgan fingerprint density at radius 2 is 2.55 bits per heavy atom. The summed E-state index contributed by atoms with van der Waals surface area (Å²) in [5.74, 6) is 2.98. The fraction of sp³-hybridized carbons (Fsp3) is 0.143. The van der Waals surface area contributed by atoms with Crippen LogP contribution >= 0.6 is 11.6 Å². The Bertz CT molecular complexity index is 279. The van der Waals surface area contributed by atoms with Crippen LogP contribution in [0.4, 0.5) is 5.82 Å². The molecule has 0 aliphatic rings. The minimum absolute atomic E-state index is 0.413. The molecule has 1 heterocycles. The molecule has 0 bridgehead atoms. The van der Waals surface area contributed by atoms with E-state index >= 15 is 0 Å². The van der Waals surface area contributed by atoms with Crippen LogP contribution in [-0.2, 0) is 0 Å². The monoisotopic (exact) mass is 167 g/mol. The second kappa shape index (κ2) is 3.79. The SMILES string of the molecule is C#CCNc1ncncc1Cl. The van der Waals surface area contributed by atoms with Crippen LogP contribution in [0.15, 0.2) is 12.5 Å². The van der Waals surface area contributed by atoms with Gasteiger partial charge in [0, 0.05) is 0 Å². The Kier molecular flexibility index (Phi) is 2.70. The molecule has 0 aliphatic carbocycles. The second-order valence-corrected chi connectivity index (χ2v) is 2.18. The smallest absolute Gasteiger partial charge is 0.148 e. The molecule has 0 aliphatic heterocycles. The Balaban J connectivity index is 2.71. The van der Waals surface area contributed by atoms with Crippen LogP contribution in [0, 0.1) is 12.3 Å². The Morgan fingerprint density at radius 3 is 3.18 bits per heavy atom. The van der Waals surface area contributed by atoms with Crippen LogP contribution in [0.2, 0.25) is 5.02 Å². The molecule has 0 radical (unpaired) electrons. The lowest BCUT2D eigenvalue weighted by atomic mass is 10.5. The number of terminal acetylenes is 1. The van der Waals surface area contributed by atoms with Crippen molar-refractivity contribution in [1.29, 1.82) is 0 Å². The molecular weight excluding hydrogens is 162 g/mol. The minimum Gasteiger partial charge on any atom is -0.358 e. The number of rotatable bonds is 2. The normalized spacial score (nSPS) is 8.73. The number of aromatic nitrogens is 2. The number of hydrogen-bond donors (Lipinski definition) is 1. The fourth-order valence-corrected chi connectivity index (χ4v) is 0.749. The largest absolute Gasteiger partial charge is 0.358 e. The van der Waals surface area contributed by atoms with Crippen LogP contribution in [0.1, 0.15) is 0 Å². The number of nitrogens with one attached hydrogen (secondary N) is 1. The van der Waals surface area contributed by atoms with Gasteiger partial charge in [0.2, 0.25) is 0 Å². The van der Waals surface area contributed by atoms with E-state index in [0.717, 1.165) is 0 Å². The van der Waals surface area contributed by atoms with Crippen molar-refractivity contribution in [1.82, 2.24) is 9.97 Å². The van der Waals surface area contributed by atoms with E-state index in [1.54, 1.807) is 0 Å². The van der Waals surface area contributed by atoms with Crippen LogP contribution in [0.3, 0.4) is 0 Å². The van der Waals surface area contributed by atoms with E-state index in [1.165, 1.54) is 12.5 Å². The van der Waals surface area contributed by atoms with Crippen molar-refractivity contribution in [2.75, 3.05) is 11.9 Å². The first-order chi connectivity index (χ1) is 5.34. The third kappa shape index (κ3) is 2.10. The van der Waals surface area contributed by atoms with Gasteiger partial charge < -0.3 is 5.32 Å². The van der Waals surface area contributed by atoms with Gasteiger partial charge in [-0.2, -0.15) is 0 Å². The molecular formula is C7H6ClN3. The van der Waals surface area contributed by atoms with Gasteiger partial charge in [-0.05, 0) is 0 Å². The minimum atomic E-state index is 0.413. The molecule has 11 heavy (non-hydrogen) atoms. The van der Waals surface area contributed by atoms with Crippen molar-refractivity contribution in [2.24, 2.45) is 0 Å². The molecule has 1 rings (SSSR count). The predicted molar refractivity (Wildman–Crippen MR) is 44.4 cm³/mol. The lowest BCUT2D eigenvalue weighted by molar-refractivity contribution is 1.15. The van der Waals surface area contributed by atoms with E-state index in [2.05, 4.69) is 21.2 Å². The third-order valence-corrected chi connectivity index (χ3v) is 1.30. The molecule has 0 fully saturated rings. The van der Waals surface area contributed by atoms with E-state index in [0.29, 0.717) is 17.4 Å². The molecule has 1 aromatic rings. The van der Waals surface area contributed by atoms with Gasteiger partial charge >= 0.3 is 0 Å². The molecule has 0 saturated carbocycles. The van der Waals surface area contributed by atoms with E-state index in [4.69, 9.17) is 18.0 Å². The summed E-state index contributed by atoms with van der Waals surface area (Å²) in [6.07, 6.45) is 7.94. The molecule has 0 atom stereocenters. The molecule has 1 aromatic heterocycles. The zero-order valence-corrected chi connectivity index (χ0v) is 6.47. The molecule has 0 unspecified atom stereocenters. The molecule has 0 aromatic carbocycles. The Hall–Kier alpha value is -1.27. The highest BCUT2D eigenvalue weighted by molar-refractivity contribution is 6.32. The van der Waals surface area contributed by atoms with Crippen LogP contribution < -0.4 is 5.32 Å². The first-order valence-corrected chi connectivity index (χ1v) is 3.35. The number of nitrogens with zero attached hydrogens (tertiary/aromatic N) is 2. The van der Waals surface area contributed by atoms with Gasteiger partial charge in [-0.1, -0.05) is 17.5 Å². The maximum atomic E-state index is 5.70. The molecule has 0 saturated heterocycles. The fourth-order valence-electron chi connectivity index (χ4n) is 0.577. The van der Waals surface area contributed by atoms with Gasteiger partial charge in [0.25, 0.3) is 0 Å². The number of halogens is 1. The van der Waals surface area contributed by atoms with Gasteiger partial charge in [-0.3, -0.25) is 0 Å². The summed E-state index contributed by atoms with van der Waals surface area (Å²) < 4.78 is 0. The third-order valence-electron chi connectivity index (χ3n) is 1.03. The predicted octanol–water partition coefficient (Wildman–Crippen LogP) is 1.18. The van der Waals surface area contributed by atoms with Gasteiger partial charge in [-0.15, -0.1) is 6.42 Å². The maximum Gasteiger partial charge on any atom is 0.148 e. The first kappa shape index (κ1) is 7.83. The lowest BCUT2D eigenvalue weighted by Crippen LogP contribution is -2.01. The molecule has 3 nitrogen and oxygen atoms in total. The zero-order chi connectivity index (χ0) is 8.10. The average Bonchev–Trinajstić information content (AvgIpc) is 2.03. The molecule has 4 heteroatoms. The van der Waals surface area contributed by atoms with Crippen molar-refractivity contribution in [3.63, 3.8) is 0 Å². The maximum absolute atomic E-state index is 5.70. The Labute approximate surface area is 69.8 Å². The highest BCUT2D eigenvalue weighted by atomic mass is 35.5. The number of hydrogen-bond acceptors (Lipinski definition) is 3. The average molecular weight is 168 g/mol. The zero-order valence-electron chi connectivity index (χ0n) is 5.71. The first-order valence-electron chi connectivity index (χ1n) is 2.97. The highest BCUT2D eigenvalue weighted by Crippen LogP contribution is 2.14. The standard InChI is InChI=1S/C7H6ClN3/c1-2-3-10-7-6(8)4-9-5-11-7/h1,4-5H,3H2,(H,9,10,11). The van der Waals surface area contributed by atoms with E-state index in [1.807, 2.05) is 0 Å². The number of anilines is 1. The van der Waals surface area contributed by atoms with Gasteiger partial charge in [0.15, 0.2) is 0 Å². The lowest BCUT2D eigenvalue weighted by Gasteiger charge is -2.00. The topological polar surface area (TPSA) is 37.8 Å². The summed E-state index contributed by atoms with van der Waals surface area (Å²) in [4.78, 5) is 7.58. The Morgan fingerprint density at radius 1 is 1.73 bits per heavy atom. The quantitative estimate of drug-likeness (QED) is 0.673. The summed E-state index contributed by atoms with van der Waals surface area (Å²) >= 11 is 5.70. The van der Waals surface area contributed by atoms with Gasteiger partial charge in [0.1, 0.15) is 17.2 Å². The summed E-state index contributed by atoms with van der Waals surface area (Å²) in [6.45, 7) is 0.413. The molecule has 1 N–H and O–H groups in total. The van der Waals surface area contributed by atoms with Crippen molar-refractivity contribution in [3.05, 3.63) is 17.5 Å². The second-order valence-electron chi connectivity index (χ2n) is 1.78. The van der Waals surface area contributed by atoms with Gasteiger partial charge in [-0.25, -0.2) is 9.97 Å². The van der Waals surface area contributed by atoms with E-state index in [-0.39, 0.29) is 0 Å². The van der Waals surface area contributed by atoms with Crippen LogP contribution in [0.5, 0.6) is 0 Å². The van der Waals surface area contributed by atoms with Crippen molar-refractivity contribution < 1.29 is 0 Å². The molecule has 56 valence electrons.